The molecule has 0 aliphatic rings. The summed E-state index contributed by atoms with van der Waals surface area (Å²) in [5, 5.41) is 0. The molecule has 4 heteroatoms. The van der Waals surface area contributed by atoms with Gasteiger partial charge < -0.3 is 5.73 Å². The van der Waals surface area contributed by atoms with E-state index >= 15 is 0 Å². The van der Waals surface area contributed by atoms with Crippen LogP contribution >= 0.6 is 15.9 Å². The number of hydrogen-bond acceptors (Lipinski definition) is 3. The SMILES string of the molecule is CCc1cc(Br)cc2ncc(N)nc12. The lowest BCUT2D eigenvalue weighted by Crippen LogP contribution is -1.95. The highest BCUT2D eigenvalue weighted by Crippen LogP contribution is 2.22. The topological polar surface area (TPSA) is 51.8 Å². The summed E-state index contributed by atoms with van der Waals surface area (Å²) in [5.74, 6) is 0.467. The van der Waals surface area contributed by atoms with Gasteiger partial charge in [0, 0.05) is 4.47 Å². The smallest absolute Gasteiger partial charge is 0.142 e. The second-order valence-electron chi connectivity index (χ2n) is 3.08. The van der Waals surface area contributed by atoms with Crippen LogP contribution < -0.4 is 5.73 Å². The van der Waals surface area contributed by atoms with Gasteiger partial charge in [-0.3, -0.25) is 4.98 Å². The zero-order valence-corrected chi connectivity index (χ0v) is 9.37. The number of aryl methyl sites for hydroxylation is 1. The Hall–Kier alpha value is -1.16. The zero-order valence-electron chi connectivity index (χ0n) is 7.79. The number of aromatic nitrogens is 2. The third kappa shape index (κ3) is 1.57. The third-order valence-electron chi connectivity index (χ3n) is 2.09. The Balaban J connectivity index is 2.81. The molecule has 0 aliphatic carbocycles. The quantitative estimate of drug-likeness (QED) is 0.848. The number of rotatable bonds is 1. The van der Waals surface area contributed by atoms with Crippen molar-refractivity contribution >= 4 is 32.8 Å². The Morgan fingerprint density at radius 1 is 1.43 bits per heavy atom. The summed E-state index contributed by atoms with van der Waals surface area (Å²) in [6, 6.07) is 4.00. The van der Waals surface area contributed by atoms with Crippen molar-refractivity contribution in [2.45, 2.75) is 13.3 Å². The van der Waals surface area contributed by atoms with Gasteiger partial charge in [-0.1, -0.05) is 22.9 Å². The molecule has 0 amide bonds. The van der Waals surface area contributed by atoms with Crippen molar-refractivity contribution in [1.29, 1.82) is 0 Å². The first-order valence-electron chi connectivity index (χ1n) is 4.41. The molecule has 0 bridgehead atoms. The Labute approximate surface area is 90.5 Å². The molecule has 2 N–H and O–H groups in total. The minimum atomic E-state index is 0.467. The molecule has 0 radical (unpaired) electrons. The predicted molar refractivity (Wildman–Crippen MR) is 61.0 cm³/mol. The summed E-state index contributed by atoms with van der Waals surface area (Å²) in [4.78, 5) is 8.51. The first kappa shape index (κ1) is 9.40. The van der Waals surface area contributed by atoms with E-state index in [1.54, 1.807) is 6.20 Å². The van der Waals surface area contributed by atoms with E-state index < -0.39 is 0 Å². The van der Waals surface area contributed by atoms with Crippen LogP contribution in [0.3, 0.4) is 0 Å². The van der Waals surface area contributed by atoms with Crippen LogP contribution in [0, 0.1) is 0 Å². The largest absolute Gasteiger partial charge is 0.382 e. The minimum Gasteiger partial charge on any atom is -0.382 e. The van der Waals surface area contributed by atoms with E-state index in [2.05, 4.69) is 38.9 Å². The van der Waals surface area contributed by atoms with Gasteiger partial charge in [0.1, 0.15) is 5.82 Å². The van der Waals surface area contributed by atoms with Crippen LogP contribution in [-0.2, 0) is 6.42 Å². The molecule has 0 saturated carbocycles. The monoisotopic (exact) mass is 251 g/mol. The van der Waals surface area contributed by atoms with E-state index in [1.165, 1.54) is 0 Å². The van der Waals surface area contributed by atoms with Crippen molar-refractivity contribution in [3.05, 3.63) is 28.4 Å². The van der Waals surface area contributed by atoms with Crippen LogP contribution in [0.1, 0.15) is 12.5 Å². The summed E-state index contributed by atoms with van der Waals surface area (Å²) in [6.45, 7) is 2.09. The summed E-state index contributed by atoms with van der Waals surface area (Å²) in [6.07, 6.45) is 2.50. The van der Waals surface area contributed by atoms with E-state index in [-0.39, 0.29) is 0 Å². The van der Waals surface area contributed by atoms with Crippen LogP contribution in [0.4, 0.5) is 5.82 Å². The normalized spacial score (nSPS) is 10.7. The molecule has 0 spiro atoms. The number of nitrogen functional groups attached to an aromatic ring is 1. The average Bonchev–Trinajstić information content (AvgIpc) is 2.17. The van der Waals surface area contributed by atoms with E-state index in [0.717, 1.165) is 27.5 Å². The summed E-state index contributed by atoms with van der Waals surface area (Å²) in [5.41, 5.74) is 8.54. The van der Waals surface area contributed by atoms with Crippen LogP contribution in [0.5, 0.6) is 0 Å². The Kier molecular flexibility index (Phi) is 2.37. The van der Waals surface area contributed by atoms with Gasteiger partial charge in [0.25, 0.3) is 0 Å². The molecule has 0 atom stereocenters. The van der Waals surface area contributed by atoms with Crippen molar-refractivity contribution in [2.75, 3.05) is 5.73 Å². The number of anilines is 1. The Bertz CT molecular complexity index is 482. The van der Waals surface area contributed by atoms with Crippen molar-refractivity contribution in [1.82, 2.24) is 9.97 Å². The highest BCUT2D eigenvalue weighted by atomic mass is 79.9. The molecule has 0 saturated heterocycles. The summed E-state index contributed by atoms with van der Waals surface area (Å²) in [7, 11) is 0. The maximum atomic E-state index is 5.60. The molecule has 72 valence electrons. The van der Waals surface area contributed by atoms with Crippen LogP contribution in [-0.4, -0.2) is 9.97 Å². The molecule has 2 rings (SSSR count). The second kappa shape index (κ2) is 3.53. The van der Waals surface area contributed by atoms with Gasteiger partial charge in [-0.2, -0.15) is 0 Å². The first-order chi connectivity index (χ1) is 6.70. The lowest BCUT2D eigenvalue weighted by molar-refractivity contribution is 1.13. The van der Waals surface area contributed by atoms with Gasteiger partial charge in [-0.15, -0.1) is 0 Å². The number of hydrogen-bond donors (Lipinski definition) is 1. The maximum Gasteiger partial charge on any atom is 0.142 e. The predicted octanol–water partition coefficient (Wildman–Crippen LogP) is 2.54. The van der Waals surface area contributed by atoms with Crippen molar-refractivity contribution in [2.24, 2.45) is 0 Å². The van der Waals surface area contributed by atoms with Crippen molar-refractivity contribution in [3.63, 3.8) is 0 Å². The van der Waals surface area contributed by atoms with Crippen LogP contribution in [0.15, 0.2) is 22.8 Å². The number of nitrogens with two attached hydrogens (primary N) is 1. The van der Waals surface area contributed by atoms with E-state index in [1.807, 2.05) is 6.07 Å². The first-order valence-corrected chi connectivity index (χ1v) is 5.20. The van der Waals surface area contributed by atoms with Crippen LogP contribution in [0.2, 0.25) is 0 Å². The van der Waals surface area contributed by atoms with E-state index in [4.69, 9.17) is 5.73 Å². The highest BCUT2D eigenvalue weighted by Gasteiger charge is 2.04. The molecule has 0 aliphatic heterocycles. The molecule has 0 unspecified atom stereocenters. The third-order valence-corrected chi connectivity index (χ3v) is 2.55. The molecule has 1 aromatic heterocycles. The fraction of sp³-hybridized carbons (Fsp3) is 0.200. The zero-order chi connectivity index (χ0) is 10.1. The highest BCUT2D eigenvalue weighted by molar-refractivity contribution is 9.10. The molecular weight excluding hydrogens is 242 g/mol. The minimum absolute atomic E-state index is 0.467. The number of fused-ring (bicyclic) bond motifs is 1. The van der Waals surface area contributed by atoms with Gasteiger partial charge in [-0.25, -0.2) is 4.98 Å². The molecule has 2 aromatic rings. The number of nitrogens with zero attached hydrogens (tertiary/aromatic N) is 2. The van der Waals surface area contributed by atoms with Gasteiger partial charge in [0.05, 0.1) is 17.2 Å². The maximum absolute atomic E-state index is 5.60. The van der Waals surface area contributed by atoms with E-state index in [9.17, 15) is 0 Å². The lowest BCUT2D eigenvalue weighted by Gasteiger charge is -2.04. The van der Waals surface area contributed by atoms with Crippen LogP contribution in [0.25, 0.3) is 11.0 Å². The fourth-order valence-electron chi connectivity index (χ4n) is 1.43. The molecular formula is C10H10BrN3. The van der Waals surface area contributed by atoms with Gasteiger partial charge in [0.15, 0.2) is 0 Å². The molecule has 1 heterocycles. The lowest BCUT2D eigenvalue weighted by atomic mass is 10.1. The van der Waals surface area contributed by atoms with E-state index in [0.29, 0.717) is 5.82 Å². The summed E-state index contributed by atoms with van der Waals surface area (Å²) < 4.78 is 1.03. The Morgan fingerprint density at radius 3 is 2.93 bits per heavy atom. The van der Waals surface area contributed by atoms with Crippen molar-refractivity contribution in [3.8, 4) is 0 Å². The standard InChI is InChI=1S/C10H10BrN3/c1-2-6-3-7(11)4-8-10(6)14-9(12)5-13-8/h3-5H,2H2,1H3,(H2,12,14). The molecule has 1 aromatic carbocycles. The number of benzene rings is 1. The van der Waals surface area contributed by atoms with Crippen molar-refractivity contribution < 1.29 is 0 Å². The molecule has 14 heavy (non-hydrogen) atoms. The molecule has 0 fully saturated rings. The molecule has 3 nitrogen and oxygen atoms in total. The number of halogens is 1. The van der Waals surface area contributed by atoms with Gasteiger partial charge >= 0.3 is 0 Å². The second-order valence-corrected chi connectivity index (χ2v) is 4.00. The summed E-state index contributed by atoms with van der Waals surface area (Å²) >= 11 is 3.44. The average molecular weight is 252 g/mol. The van der Waals surface area contributed by atoms with Gasteiger partial charge in [-0.05, 0) is 24.1 Å². The fourth-order valence-corrected chi connectivity index (χ4v) is 1.92. The Morgan fingerprint density at radius 2 is 2.21 bits per heavy atom. The van der Waals surface area contributed by atoms with Gasteiger partial charge in [0.2, 0.25) is 0 Å².